The molecule has 0 aliphatic heterocycles. The Labute approximate surface area is 298 Å². The molecule has 0 amide bonds. The van der Waals surface area contributed by atoms with Gasteiger partial charge in [-0.15, -0.1) is 40.2 Å². The van der Waals surface area contributed by atoms with Crippen molar-refractivity contribution in [3.63, 3.8) is 0 Å². The molecule has 3 nitrogen and oxygen atoms in total. The second kappa shape index (κ2) is 12.8. The Morgan fingerprint density at radius 1 is 0.638 bits per heavy atom. The van der Waals surface area contributed by atoms with Crippen molar-refractivity contribution >= 4 is 21.6 Å². The van der Waals surface area contributed by atoms with Gasteiger partial charge >= 0.3 is 0 Å². The van der Waals surface area contributed by atoms with E-state index in [0.717, 1.165) is 54.3 Å². The average Bonchev–Trinajstić information content (AvgIpc) is 3.44. The van der Waals surface area contributed by atoms with E-state index < -0.39 is 0 Å². The van der Waals surface area contributed by atoms with Crippen LogP contribution < -0.4 is 0 Å². The summed E-state index contributed by atoms with van der Waals surface area (Å²) in [7, 11) is 0. The number of aromatic nitrogens is 2. The van der Waals surface area contributed by atoms with E-state index in [-0.39, 0.29) is 43.1 Å². The maximum absolute atomic E-state index is 11.0. The molecule has 4 aromatic carbocycles. The van der Waals surface area contributed by atoms with Crippen molar-refractivity contribution in [3.05, 3.63) is 114 Å². The van der Waals surface area contributed by atoms with Gasteiger partial charge in [0, 0.05) is 37.7 Å². The van der Waals surface area contributed by atoms with E-state index in [1.807, 2.05) is 36.5 Å². The number of hydrogen-bond donors (Lipinski definition) is 1. The third-order valence-electron chi connectivity index (χ3n) is 8.60. The van der Waals surface area contributed by atoms with E-state index in [1.165, 1.54) is 16.7 Å². The molecule has 244 valence electrons. The number of pyridine rings is 1. The predicted octanol–water partition coefficient (Wildman–Crippen LogP) is 11.8. The Hall–Kier alpha value is -3.59. The van der Waals surface area contributed by atoms with Gasteiger partial charge in [0.25, 0.3) is 0 Å². The van der Waals surface area contributed by atoms with Crippen LogP contribution in [0.2, 0.25) is 0 Å². The summed E-state index contributed by atoms with van der Waals surface area (Å²) in [5.74, 6) is 0.226. The number of aromatic hydroxyl groups is 1. The van der Waals surface area contributed by atoms with Gasteiger partial charge < -0.3 is 5.11 Å². The minimum atomic E-state index is -0.144. The molecule has 6 aromatic rings. The van der Waals surface area contributed by atoms with Crippen LogP contribution in [0, 0.1) is 6.07 Å². The average molecular weight is 819 g/mol. The van der Waals surface area contributed by atoms with E-state index in [2.05, 4.69) is 117 Å². The van der Waals surface area contributed by atoms with Gasteiger partial charge in [-0.2, -0.15) is 0 Å². The summed E-state index contributed by atoms with van der Waals surface area (Å²) >= 11 is 1.61. The van der Waals surface area contributed by atoms with E-state index in [1.54, 1.807) is 17.4 Å². The minimum Gasteiger partial charge on any atom is -0.507 e. The molecule has 0 aliphatic carbocycles. The fourth-order valence-corrected chi connectivity index (χ4v) is 6.98. The molecule has 0 atom stereocenters. The maximum Gasteiger partial charge on any atom is 0.127 e. The van der Waals surface area contributed by atoms with Crippen molar-refractivity contribution in [2.75, 3.05) is 0 Å². The number of rotatable bonds is 4. The molecule has 6 rings (SSSR count). The third kappa shape index (κ3) is 7.01. The molecular weight excluding hydrogens is 776 g/mol. The maximum atomic E-state index is 11.0. The molecule has 0 unspecified atom stereocenters. The molecule has 2 heterocycles. The molecule has 0 aliphatic rings. The predicted molar refractivity (Wildman–Crippen MR) is 196 cm³/mol. The van der Waals surface area contributed by atoms with Gasteiger partial charge in [0.2, 0.25) is 0 Å². The minimum absolute atomic E-state index is 0. The fraction of sp³-hybridized carbons (Fsp3) is 0.286. The molecule has 0 bridgehead atoms. The summed E-state index contributed by atoms with van der Waals surface area (Å²) in [5.41, 5.74) is 11.3. The van der Waals surface area contributed by atoms with E-state index in [4.69, 9.17) is 9.97 Å². The van der Waals surface area contributed by atoms with Crippen molar-refractivity contribution in [3.8, 4) is 49.8 Å². The van der Waals surface area contributed by atoms with Gasteiger partial charge in [0.15, 0.2) is 0 Å². The normalized spacial score (nSPS) is 12.3. The van der Waals surface area contributed by atoms with Gasteiger partial charge in [-0.1, -0.05) is 128 Å². The van der Waals surface area contributed by atoms with Gasteiger partial charge in [-0.3, -0.25) is 4.98 Å². The van der Waals surface area contributed by atoms with Crippen LogP contribution in [0.25, 0.3) is 54.3 Å². The van der Waals surface area contributed by atoms with Gasteiger partial charge in [-0.05, 0) is 57.2 Å². The number of nitrogens with zero attached hydrogens (tertiary/aromatic N) is 2. The SMILES string of the molecule is CC(C)(C)c1ccnc(-c2[c-]c(-c3cccc4sc(-c5cc(-c6ccccc6)ccc5O)nc34)c(C(C)(C)C)cc2C(C)(C)C)c1.[Pt]. The van der Waals surface area contributed by atoms with Crippen molar-refractivity contribution in [2.24, 2.45) is 0 Å². The van der Waals surface area contributed by atoms with Crippen molar-refractivity contribution in [2.45, 2.75) is 78.6 Å². The fourth-order valence-electron chi connectivity index (χ4n) is 5.96. The number of hydrogen-bond acceptors (Lipinski definition) is 4. The number of phenolic OH excluding ortho intramolecular Hbond substituents is 1. The topological polar surface area (TPSA) is 46.0 Å². The molecular formula is C42H43N2OPtS-. The first kappa shape index (κ1) is 34.7. The van der Waals surface area contributed by atoms with Crippen LogP contribution in [0.5, 0.6) is 5.75 Å². The molecule has 1 N–H and O–H groups in total. The van der Waals surface area contributed by atoms with Crippen molar-refractivity contribution < 1.29 is 26.2 Å². The molecule has 47 heavy (non-hydrogen) atoms. The zero-order chi connectivity index (χ0) is 33.0. The summed E-state index contributed by atoms with van der Waals surface area (Å²) in [4.78, 5) is 10.1. The van der Waals surface area contributed by atoms with Crippen LogP contribution in [-0.4, -0.2) is 15.1 Å². The smallest absolute Gasteiger partial charge is 0.127 e. The largest absolute Gasteiger partial charge is 0.507 e. The van der Waals surface area contributed by atoms with Crippen LogP contribution in [-0.2, 0) is 37.3 Å². The molecule has 0 radical (unpaired) electrons. The first-order valence-electron chi connectivity index (χ1n) is 16.0. The van der Waals surface area contributed by atoms with Crippen LogP contribution >= 0.6 is 11.3 Å². The van der Waals surface area contributed by atoms with Crippen molar-refractivity contribution in [1.82, 2.24) is 9.97 Å². The molecule has 2 aromatic heterocycles. The zero-order valence-corrected chi connectivity index (χ0v) is 31.8. The molecule has 0 spiro atoms. The monoisotopic (exact) mass is 818 g/mol. The summed E-state index contributed by atoms with van der Waals surface area (Å²) in [5, 5.41) is 11.8. The Morgan fingerprint density at radius 3 is 1.98 bits per heavy atom. The zero-order valence-electron chi connectivity index (χ0n) is 28.7. The number of thiazole rings is 1. The van der Waals surface area contributed by atoms with Gasteiger partial charge in [0.1, 0.15) is 10.8 Å². The molecule has 0 saturated heterocycles. The quantitative estimate of drug-likeness (QED) is 0.180. The Morgan fingerprint density at radius 2 is 1.32 bits per heavy atom. The van der Waals surface area contributed by atoms with E-state index >= 15 is 0 Å². The molecule has 5 heteroatoms. The van der Waals surface area contributed by atoms with Crippen LogP contribution in [0.4, 0.5) is 0 Å². The molecule has 0 saturated carbocycles. The number of phenols is 1. The standard InChI is InChI=1S/C42H43N2OS.Pt/c1-40(2,3)28-20-21-43-35(23-28)31-24-30(33(41(4,5)6)25-34(31)42(7,8)9)29-16-13-17-37-38(29)44-39(46-37)32-22-27(18-19-36(32)45)26-14-11-10-12-15-26;/h10-23,25,45H,1-9H3;/q-1;. The van der Waals surface area contributed by atoms with Crippen LogP contribution in [0.3, 0.4) is 0 Å². The first-order valence-corrected chi connectivity index (χ1v) is 16.8. The van der Waals surface area contributed by atoms with Crippen LogP contribution in [0.1, 0.15) is 79.0 Å². The summed E-state index contributed by atoms with van der Waals surface area (Å²) in [6.07, 6.45) is 1.93. The Balaban J connectivity index is 0.00000433. The van der Waals surface area contributed by atoms with Gasteiger partial charge in [-0.25, -0.2) is 4.98 Å². The summed E-state index contributed by atoms with van der Waals surface area (Å²) in [6.45, 7) is 20.3. The number of fused-ring (bicyclic) bond motifs is 1. The number of benzene rings is 4. The van der Waals surface area contributed by atoms with Crippen molar-refractivity contribution in [1.29, 1.82) is 0 Å². The number of para-hydroxylation sites is 1. The van der Waals surface area contributed by atoms with Crippen LogP contribution in [0.15, 0.2) is 91.1 Å². The van der Waals surface area contributed by atoms with Gasteiger partial charge in [0.05, 0.1) is 11.1 Å². The van der Waals surface area contributed by atoms with E-state index in [0.29, 0.717) is 0 Å². The first-order chi connectivity index (χ1) is 21.6. The third-order valence-corrected chi connectivity index (χ3v) is 9.65. The second-order valence-corrected chi connectivity index (χ2v) is 16.3. The molecule has 0 fully saturated rings. The Bertz CT molecular complexity index is 2060. The van der Waals surface area contributed by atoms with E-state index in [9.17, 15) is 5.11 Å². The summed E-state index contributed by atoms with van der Waals surface area (Å²) in [6, 6.07) is 33.1. The Kier molecular flexibility index (Phi) is 9.45. The summed E-state index contributed by atoms with van der Waals surface area (Å²) < 4.78 is 1.07. The second-order valence-electron chi connectivity index (χ2n) is 15.3.